The zero-order valence-corrected chi connectivity index (χ0v) is 7.79. The van der Waals surface area contributed by atoms with Gasteiger partial charge >= 0.3 is 0 Å². The molecule has 2 rings (SSSR count). The first-order valence-corrected chi connectivity index (χ1v) is 4.97. The third-order valence-corrected chi connectivity index (χ3v) is 2.62. The Morgan fingerprint density at radius 3 is 3.00 bits per heavy atom. The Kier molecular flexibility index (Phi) is 2.60. The van der Waals surface area contributed by atoms with Crippen molar-refractivity contribution in [3.63, 3.8) is 0 Å². The number of aryl methyl sites for hydroxylation is 3. The van der Waals surface area contributed by atoms with Crippen LogP contribution in [0.5, 0.6) is 0 Å². The van der Waals surface area contributed by atoms with Gasteiger partial charge in [0.1, 0.15) is 0 Å². The monoisotopic (exact) mass is 177 g/mol. The van der Waals surface area contributed by atoms with E-state index in [9.17, 15) is 0 Å². The summed E-state index contributed by atoms with van der Waals surface area (Å²) in [6, 6.07) is 2.21. The second-order valence-corrected chi connectivity index (χ2v) is 3.63. The highest BCUT2D eigenvalue weighted by Gasteiger charge is 2.11. The summed E-state index contributed by atoms with van der Waals surface area (Å²) in [6.45, 7) is 0.263. The summed E-state index contributed by atoms with van der Waals surface area (Å²) in [4.78, 5) is 4.38. The quantitative estimate of drug-likeness (QED) is 0.759. The fourth-order valence-electron chi connectivity index (χ4n) is 1.90. The van der Waals surface area contributed by atoms with Crippen LogP contribution in [0.15, 0.2) is 12.3 Å². The summed E-state index contributed by atoms with van der Waals surface area (Å²) in [5.74, 6) is 0. The molecule has 0 radical (unpaired) electrons. The van der Waals surface area contributed by atoms with Crippen LogP contribution in [0.2, 0.25) is 0 Å². The Labute approximate surface area is 78.6 Å². The summed E-state index contributed by atoms with van der Waals surface area (Å²) in [5, 5.41) is 8.69. The zero-order chi connectivity index (χ0) is 9.10. The molecule has 2 nitrogen and oxygen atoms in total. The van der Waals surface area contributed by atoms with Gasteiger partial charge < -0.3 is 5.11 Å². The number of hydrogen-bond donors (Lipinski definition) is 1. The van der Waals surface area contributed by atoms with Crippen LogP contribution in [-0.4, -0.2) is 16.7 Å². The van der Waals surface area contributed by atoms with Gasteiger partial charge in [0.15, 0.2) is 0 Å². The van der Waals surface area contributed by atoms with Gasteiger partial charge in [-0.05, 0) is 49.3 Å². The number of fused-ring (bicyclic) bond motifs is 1. The first-order chi connectivity index (χ1) is 6.40. The van der Waals surface area contributed by atoms with E-state index in [2.05, 4.69) is 11.1 Å². The second kappa shape index (κ2) is 3.88. The molecular formula is C11H15NO. The Hall–Kier alpha value is -0.890. The summed E-state index contributed by atoms with van der Waals surface area (Å²) in [7, 11) is 0. The maximum atomic E-state index is 8.69. The van der Waals surface area contributed by atoms with Crippen molar-refractivity contribution in [3.05, 3.63) is 29.1 Å². The van der Waals surface area contributed by atoms with E-state index >= 15 is 0 Å². The molecule has 0 aromatic carbocycles. The van der Waals surface area contributed by atoms with Crippen LogP contribution in [0.1, 0.15) is 29.7 Å². The minimum Gasteiger partial charge on any atom is -0.396 e. The maximum absolute atomic E-state index is 8.69. The smallest absolute Gasteiger partial charge is 0.0434 e. The van der Waals surface area contributed by atoms with Crippen LogP contribution in [0.25, 0.3) is 0 Å². The summed E-state index contributed by atoms with van der Waals surface area (Å²) in [6.07, 6.45) is 7.43. The summed E-state index contributed by atoms with van der Waals surface area (Å²) >= 11 is 0. The van der Waals surface area contributed by atoms with Crippen LogP contribution in [0.4, 0.5) is 0 Å². The minimum atomic E-state index is 0.263. The highest BCUT2D eigenvalue weighted by Crippen LogP contribution is 2.21. The van der Waals surface area contributed by atoms with E-state index < -0.39 is 0 Å². The lowest BCUT2D eigenvalue weighted by Gasteiger charge is -2.02. The number of hydrogen-bond acceptors (Lipinski definition) is 2. The zero-order valence-electron chi connectivity index (χ0n) is 7.79. The number of aliphatic hydroxyl groups excluding tert-OH is 1. The van der Waals surface area contributed by atoms with Gasteiger partial charge in [0.05, 0.1) is 0 Å². The van der Waals surface area contributed by atoms with E-state index in [1.807, 2.05) is 6.20 Å². The van der Waals surface area contributed by atoms with E-state index in [-0.39, 0.29) is 6.61 Å². The number of rotatable bonds is 3. The molecule has 1 aromatic rings. The Balaban J connectivity index is 2.12. The van der Waals surface area contributed by atoms with Crippen molar-refractivity contribution in [1.82, 2.24) is 4.98 Å². The van der Waals surface area contributed by atoms with Gasteiger partial charge in [-0.15, -0.1) is 0 Å². The summed E-state index contributed by atoms with van der Waals surface area (Å²) < 4.78 is 0. The molecule has 1 aromatic heterocycles. The van der Waals surface area contributed by atoms with Gasteiger partial charge in [0.25, 0.3) is 0 Å². The molecule has 1 aliphatic carbocycles. The molecule has 0 aliphatic heterocycles. The van der Waals surface area contributed by atoms with Crippen LogP contribution in [-0.2, 0) is 19.3 Å². The molecule has 0 bridgehead atoms. The van der Waals surface area contributed by atoms with Gasteiger partial charge in [-0.25, -0.2) is 0 Å². The number of aromatic nitrogens is 1. The van der Waals surface area contributed by atoms with Crippen LogP contribution in [0, 0.1) is 0 Å². The van der Waals surface area contributed by atoms with Crippen molar-refractivity contribution >= 4 is 0 Å². The molecule has 0 spiro atoms. The Morgan fingerprint density at radius 2 is 2.15 bits per heavy atom. The molecule has 2 heteroatoms. The third kappa shape index (κ3) is 1.89. The van der Waals surface area contributed by atoms with Crippen LogP contribution < -0.4 is 0 Å². The molecule has 0 fully saturated rings. The Bertz CT molecular complexity index is 296. The topological polar surface area (TPSA) is 33.1 Å². The third-order valence-electron chi connectivity index (χ3n) is 2.62. The predicted molar refractivity (Wildman–Crippen MR) is 51.7 cm³/mol. The molecule has 0 saturated heterocycles. The molecule has 0 saturated carbocycles. The van der Waals surface area contributed by atoms with Crippen LogP contribution in [0.3, 0.4) is 0 Å². The van der Waals surface area contributed by atoms with E-state index in [4.69, 9.17) is 5.11 Å². The van der Waals surface area contributed by atoms with Gasteiger partial charge in [-0.2, -0.15) is 0 Å². The molecule has 13 heavy (non-hydrogen) atoms. The number of nitrogens with zero attached hydrogens (tertiary/aromatic N) is 1. The number of aliphatic hydroxyl groups is 1. The van der Waals surface area contributed by atoms with Crippen molar-refractivity contribution in [2.75, 3.05) is 6.61 Å². The van der Waals surface area contributed by atoms with Gasteiger partial charge in [0.2, 0.25) is 0 Å². The lowest BCUT2D eigenvalue weighted by molar-refractivity contribution is 0.288. The minimum absolute atomic E-state index is 0.263. The van der Waals surface area contributed by atoms with E-state index in [0.717, 1.165) is 18.5 Å². The Morgan fingerprint density at radius 1 is 1.31 bits per heavy atom. The standard InChI is InChI=1S/C11H15NO/c13-6-2-5-11-7-9-3-1-4-10(9)8-12-11/h7-8,13H,1-6H2. The first-order valence-electron chi connectivity index (χ1n) is 4.97. The maximum Gasteiger partial charge on any atom is 0.0434 e. The highest BCUT2D eigenvalue weighted by atomic mass is 16.2. The van der Waals surface area contributed by atoms with Crippen molar-refractivity contribution in [2.45, 2.75) is 32.1 Å². The van der Waals surface area contributed by atoms with Gasteiger partial charge in [0, 0.05) is 18.5 Å². The van der Waals surface area contributed by atoms with Crippen molar-refractivity contribution in [1.29, 1.82) is 0 Å². The lowest BCUT2D eigenvalue weighted by Crippen LogP contribution is -1.95. The first kappa shape index (κ1) is 8.70. The average molecular weight is 177 g/mol. The van der Waals surface area contributed by atoms with Crippen molar-refractivity contribution in [3.8, 4) is 0 Å². The second-order valence-electron chi connectivity index (χ2n) is 3.63. The predicted octanol–water partition coefficient (Wildman–Crippen LogP) is 1.50. The van der Waals surface area contributed by atoms with Gasteiger partial charge in [-0.3, -0.25) is 4.98 Å². The van der Waals surface area contributed by atoms with Gasteiger partial charge in [-0.1, -0.05) is 0 Å². The van der Waals surface area contributed by atoms with Crippen LogP contribution >= 0.6 is 0 Å². The van der Waals surface area contributed by atoms with E-state index in [0.29, 0.717) is 0 Å². The molecule has 1 heterocycles. The molecular weight excluding hydrogens is 162 g/mol. The fourth-order valence-corrected chi connectivity index (χ4v) is 1.90. The van der Waals surface area contributed by atoms with E-state index in [1.165, 1.54) is 30.4 Å². The molecule has 1 aliphatic rings. The molecule has 1 N–H and O–H groups in total. The summed E-state index contributed by atoms with van der Waals surface area (Å²) in [5.41, 5.74) is 4.03. The molecule has 0 atom stereocenters. The normalized spacial score (nSPS) is 14.5. The average Bonchev–Trinajstić information content (AvgIpc) is 2.61. The molecule has 0 unspecified atom stereocenters. The SMILES string of the molecule is OCCCc1cc2c(cn1)CCC2. The number of pyridine rings is 1. The molecule has 70 valence electrons. The largest absolute Gasteiger partial charge is 0.396 e. The molecule has 0 amide bonds. The van der Waals surface area contributed by atoms with Crippen molar-refractivity contribution < 1.29 is 5.11 Å². The van der Waals surface area contributed by atoms with E-state index in [1.54, 1.807) is 0 Å². The highest BCUT2D eigenvalue weighted by molar-refractivity contribution is 5.30. The lowest BCUT2D eigenvalue weighted by atomic mass is 10.1. The fraction of sp³-hybridized carbons (Fsp3) is 0.545. The van der Waals surface area contributed by atoms with Crippen molar-refractivity contribution in [2.24, 2.45) is 0 Å².